The molecule has 0 radical (unpaired) electrons. The van der Waals surface area contributed by atoms with Gasteiger partial charge in [0, 0.05) is 12.2 Å². The zero-order valence-electron chi connectivity index (χ0n) is 10.8. The van der Waals surface area contributed by atoms with Gasteiger partial charge in [0.1, 0.15) is 0 Å². The highest BCUT2D eigenvalue weighted by molar-refractivity contribution is 5.93. The molecular formula is C13H19N3O2. The van der Waals surface area contributed by atoms with E-state index in [0.717, 1.165) is 17.9 Å². The lowest BCUT2D eigenvalue weighted by atomic mass is 10.0. The van der Waals surface area contributed by atoms with E-state index >= 15 is 0 Å². The zero-order chi connectivity index (χ0) is 13.0. The van der Waals surface area contributed by atoms with Gasteiger partial charge in [0.05, 0.1) is 30.5 Å². The molecule has 1 fully saturated rings. The minimum Gasteiger partial charge on any atom is -0.379 e. The first-order valence-electron chi connectivity index (χ1n) is 6.26. The summed E-state index contributed by atoms with van der Waals surface area (Å²) in [6.45, 7) is 5.81. The number of nitrogens with one attached hydrogen (secondary N) is 2. The number of hydrogen-bond acceptors (Lipinski definition) is 4. The van der Waals surface area contributed by atoms with Crippen LogP contribution in [0.3, 0.4) is 0 Å². The molecule has 18 heavy (non-hydrogen) atoms. The highest BCUT2D eigenvalue weighted by Gasteiger charge is 2.33. The van der Waals surface area contributed by atoms with Gasteiger partial charge in [-0.15, -0.1) is 0 Å². The lowest BCUT2D eigenvalue weighted by Gasteiger charge is -2.18. The standard InChI is InChI=1S/C13H19N3O2/c1-3-14-12-8-18-7-10(12)13(17)16-11-5-4-6-15-9(11)2/h4-6,10,12,14H,3,7-8H2,1-2H3,(H,16,17). The van der Waals surface area contributed by atoms with E-state index in [9.17, 15) is 4.79 Å². The van der Waals surface area contributed by atoms with Crippen LogP contribution in [0.4, 0.5) is 5.69 Å². The van der Waals surface area contributed by atoms with E-state index < -0.39 is 0 Å². The Morgan fingerprint density at radius 2 is 2.39 bits per heavy atom. The van der Waals surface area contributed by atoms with Gasteiger partial charge in [0.15, 0.2) is 0 Å². The Morgan fingerprint density at radius 1 is 1.56 bits per heavy atom. The quantitative estimate of drug-likeness (QED) is 0.834. The van der Waals surface area contributed by atoms with Crippen LogP contribution in [0.2, 0.25) is 0 Å². The average molecular weight is 249 g/mol. The minimum absolute atomic E-state index is 0.00505. The number of aromatic nitrogens is 1. The van der Waals surface area contributed by atoms with Gasteiger partial charge in [0.25, 0.3) is 0 Å². The summed E-state index contributed by atoms with van der Waals surface area (Å²) in [5, 5.41) is 6.19. The van der Waals surface area contributed by atoms with Crippen molar-refractivity contribution in [2.75, 3.05) is 25.1 Å². The van der Waals surface area contributed by atoms with Crippen molar-refractivity contribution < 1.29 is 9.53 Å². The molecule has 1 aliphatic rings. The third kappa shape index (κ3) is 2.86. The topological polar surface area (TPSA) is 63.2 Å². The van der Waals surface area contributed by atoms with Gasteiger partial charge in [-0.3, -0.25) is 9.78 Å². The van der Waals surface area contributed by atoms with E-state index in [-0.39, 0.29) is 17.9 Å². The molecule has 2 atom stereocenters. The number of aryl methyl sites for hydroxylation is 1. The Kier molecular flexibility index (Phi) is 4.28. The molecule has 0 bridgehead atoms. The number of anilines is 1. The van der Waals surface area contributed by atoms with E-state index in [1.165, 1.54) is 0 Å². The summed E-state index contributed by atoms with van der Waals surface area (Å²) in [6.07, 6.45) is 1.71. The van der Waals surface area contributed by atoms with Crippen molar-refractivity contribution in [2.24, 2.45) is 5.92 Å². The van der Waals surface area contributed by atoms with Gasteiger partial charge in [-0.1, -0.05) is 6.92 Å². The molecule has 0 aromatic carbocycles. The largest absolute Gasteiger partial charge is 0.379 e. The molecule has 2 N–H and O–H groups in total. The molecule has 1 amide bonds. The van der Waals surface area contributed by atoms with Crippen LogP contribution >= 0.6 is 0 Å². The Bertz CT molecular complexity index is 422. The highest BCUT2D eigenvalue weighted by Crippen LogP contribution is 2.18. The van der Waals surface area contributed by atoms with Crippen molar-refractivity contribution >= 4 is 11.6 Å². The number of carbonyl (C=O) groups excluding carboxylic acids is 1. The normalized spacial score (nSPS) is 23.0. The second kappa shape index (κ2) is 5.93. The Hall–Kier alpha value is -1.46. The Morgan fingerprint density at radius 3 is 3.11 bits per heavy atom. The van der Waals surface area contributed by atoms with Crippen LogP contribution in [-0.2, 0) is 9.53 Å². The second-order valence-electron chi connectivity index (χ2n) is 4.43. The van der Waals surface area contributed by atoms with E-state index in [4.69, 9.17) is 4.74 Å². The number of carbonyl (C=O) groups is 1. The van der Waals surface area contributed by atoms with Gasteiger partial charge in [0.2, 0.25) is 5.91 Å². The lowest BCUT2D eigenvalue weighted by Crippen LogP contribution is -2.41. The van der Waals surface area contributed by atoms with E-state index in [1.54, 1.807) is 6.20 Å². The molecule has 1 aromatic heterocycles. The van der Waals surface area contributed by atoms with Crippen molar-refractivity contribution in [3.8, 4) is 0 Å². The van der Waals surface area contributed by atoms with E-state index in [2.05, 4.69) is 15.6 Å². The number of pyridine rings is 1. The predicted molar refractivity (Wildman–Crippen MR) is 69.4 cm³/mol. The van der Waals surface area contributed by atoms with Crippen molar-refractivity contribution in [1.82, 2.24) is 10.3 Å². The van der Waals surface area contributed by atoms with Gasteiger partial charge >= 0.3 is 0 Å². The summed E-state index contributed by atoms with van der Waals surface area (Å²) in [6, 6.07) is 3.78. The molecule has 2 rings (SSSR count). The predicted octanol–water partition coefficient (Wildman–Crippen LogP) is 0.953. The number of likely N-dealkylation sites (N-methyl/N-ethyl adjacent to an activating group) is 1. The number of amides is 1. The number of hydrogen-bond donors (Lipinski definition) is 2. The summed E-state index contributed by atoms with van der Waals surface area (Å²) in [4.78, 5) is 16.3. The summed E-state index contributed by atoms with van der Waals surface area (Å²) >= 11 is 0. The highest BCUT2D eigenvalue weighted by atomic mass is 16.5. The summed E-state index contributed by atoms with van der Waals surface area (Å²) < 4.78 is 5.37. The van der Waals surface area contributed by atoms with Gasteiger partial charge in [-0.05, 0) is 25.6 Å². The Balaban J connectivity index is 2.01. The van der Waals surface area contributed by atoms with Crippen LogP contribution in [0.1, 0.15) is 12.6 Å². The molecule has 0 saturated carbocycles. The maximum Gasteiger partial charge on any atom is 0.231 e. The number of nitrogens with zero attached hydrogens (tertiary/aromatic N) is 1. The van der Waals surface area contributed by atoms with Crippen LogP contribution in [0, 0.1) is 12.8 Å². The minimum atomic E-state index is -0.135. The third-order valence-electron chi connectivity index (χ3n) is 3.15. The van der Waals surface area contributed by atoms with Crippen LogP contribution < -0.4 is 10.6 Å². The molecule has 2 unspecified atom stereocenters. The molecule has 1 aliphatic heterocycles. The van der Waals surface area contributed by atoms with Crippen LogP contribution in [0.5, 0.6) is 0 Å². The third-order valence-corrected chi connectivity index (χ3v) is 3.15. The molecule has 5 heteroatoms. The van der Waals surface area contributed by atoms with Crippen LogP contribution in [-0.4, -0.2) is 36.7 Å². The molecule has 0 aliphatic carbocycles. The van der Waals surface area contributed by atoms with Crippen molar-refractivity contribution in [3.63, 3.8) is 0 Å². The average Bonchev–Trinajstić information content (AvgIpc) is 2.81. The molecule has 1 saturated heterocycles. The number of rotatable bonds is 4. The van der Waals surface area contributed by atoms with Gasteiger partial charge in [-0.2, -0.15) is 0 Å². The van der Waals surface area contributed by atoms with E-state index in [0.29, 0.717) is 13.2 Å². The zero-order valence-corrected chi connectivity index (χ0v) is 10.8. The smallest absolute Gasteiger partial charge is 0.231 e. The van der Waals surface area contributed by atoms with Crippen LogP contribution in [0.15, 0.2) is 18.3 Å². The monoisotopic (exact) mass is 249 g/mol. The summed E-state index contributed by atoms with van der Waals surface area (Å²) in [7, 11) is 0. The number of ether oxygens (including phenoxy) is 1. The molecular weight excluding hydrogens is 230 g/mol. The molecule has 2 heterocycles. The second-order valence-corrected chi connectivity index (χ2v) is 4.43. The molecule has 1 aromatic rings. The van der Waals surface area contributed by atoms with Gasteiger partial charge in [-0.25, -0.2) is 0 Å². The van der Waals surface area contributed by atoms with Crippen molar-refractivity contribution in [1.29, 1.82) is 0 Å². The van der Waals surface area contributed by atoms with E-state index in [1.807, 2.05) is 26.0 Å². The van der Waals surface area contributed by atoms with Crippen LogP contribution in [0.25, 0.3) is 0 Å². The lowest BCUT2D eigenvalue weighted by molar-refractivity contribution is -0.120. The molecule has 98 valence electrons. The fraction of sp³-hybridized carbons (Fsp3) is 0.538. The van der Waals surface area contributed by atoms with Crippen molar-refractivity contribution in [3.05, 3.63) is 24.0 Å². The fourth-order valence-electron chi connectivity index (χ4n) is 2.12. The SMILES string of the molecule is CCNC1COCC1C(=O)Nc1cccnc1C. The Labute approximate surface area is 107 Å². The summed E-state index contributed by atoms with van der Waals surface area (Å²) in [5.41, 5.74) is 1.59. The molecule has 5 nitrogen and oxygen atoms in total. The van der Waals surface area contributed by atoms with Gasteiger partial charge < -0.3 is 15.4 Å². The first kappa shape index (κ1) is 13.0. The van der Waals surface area contributed by atoms with Crippen molar-refractivity contribution in [2.45, 2.75) is 19.9 Å². The first-order valence-corrected chi connectivity index (χ1v) is 6.26. The molecule has 0 spiro atoms. The fourth-order valence-corrected chi connectivity index (χ4v) is 2.12. The maximum absolute atomic E-state index is 12.2. The first-order chi connectivity index (χ1) is 8.72. The summed E-state index contributed by atoms with van der Waals surface area (Å²) in [5.74, 6) is -0.140. The maximum atomic E-state index is 12.2.